The molecule has 0 saturated heterocycles. The first-order valence-electron chi connectivity index (χ1n) is 19.2. The molecule has 0 fully saturated rings. The molecular weight excluding hydrogens is 679 g/mol. The number of para-hydroxylation sites is 3. The third-order valence-corrected chi connectivity index (χ3v) is 11.2. The van der Waals surface area contributed by atoms with E-state index >= 15 is 0 Å². The Kier molecular flexibility index (Phi) is 7.53. The van der Waals surface area contributed by atoms with E-state index in [0.717, 1.165) is 50.1 Å². The van der Waals surface area contributed by atoms with Gasteiger partial charge >= 0.3 is 0 Å². The molecule has 56 heavy (non-hydrogen) atoms. The maximum absolute atomic E-state index is 6.46. The fourth-order valence-electron chi connectivity index (χ4n) is 8.65. The van der Waals surface area contributed by atoms with Gasteiger partial charge in [-0.3, -0.25) is 0 Å². The first kappa shape index (κ1) is 32.0. The van der Waals surface area contributed by atoms with Gasteiger partial charge in [0.25, 0.3) is 0 Å². The van der Waals surface area contributed by atoms with Crippen LogP contribution in [0, 0.1) is 0 Å². The van der Waals surface area contributed by atoms with Crippen LogP contribution in [0.5, 0.6) is 0 Å². The molecule has 10 aromatic carbocycles. The molecule has 0 amide bonds. The van der Waals surface area contributed by atoms with E-state index in [2.05, 4.69) is 205 Å². The zero-order chi connectivity index (χ0) is 37.0. The summed E-state index contributed by atoms with van der Waals surface area (Å²) in [6, 6.07) is 76.5. The van der Waals surface area contributed by atoms with E-state index in [9.17, 15) is 0 Å². The van der Waals surface area contributed by atoms with Crippen LogP contribution < -0.4 is 4.90 Å². The van der Waals surface area contributed by atoms with Crippen molar-refractivity contribution in [1.82, 2.24) is 0 Å². The van der Waals surface area contributed by atoms with Gasteiger partial charge in [0.15, 0.2) is 0 Å². The molecule has 0 saturated carbocycles. The Morgan fingerprint density at radius 3 is 1.79 bits per heavy atom. The molecule has 0 aliphatic rings. The zero-order valence-corrected chi connectivity index (χ0v) is 30.6. The number of benzene rings is 10. The van der Waals surface area contributed by atoms with E-state index in [1.165, 1.54) is 54.6 Å². The second-order valence-corrected chi connectivity index (χ2v) is 14.4. The predicted molar refractivity (Wildman–Crippen MR) is 237 cm³/mol. The number of rotatable bonds is 6. The van der Waals surface area contributed by atoms with Crippen molar-refractivity contribution in [1.29, 1.82) is 0 Å². The summed E-state index contributed by atoms with van der Waals surface area (Å²) < 4.78 is 6.46. The normalized spacial score (nSPS) is 11.6. The van der Waals surface area contributed by atoms with Crippen molar-refractivity contribution in [2.24, 2.45) is 0 Å². The molecular formula is C54H35NO. The van der Waals surface area contributed by atoms with Gasteiger partial charge in [-0.25, -0.2) is 0 Å². The number of nitrogens with zero attached hydrogens (tertiary/aromatic N) is 1. The standard InChI is InChI=1S/C54H35NO/c1-3-19-42-36(14-1)16-12-25-43(42)38-17-11-18-41(34-38)55(40-32-30-37(31-33-40)45-26-13-27-50-49-24-8-10-29-53(49)56-54(45)50)52-28-9-7-23-48(52)51-35-39-15-2-4-20-44(39)46-21-5-6-22-47(46)51/h1-35H. The molecule has 0 bridgehead atoms. The Bertz CT molecular complexity index is 3260. The second-order valence-electron chi connectivity index (χ2n) is 14.4. The Balaban J connectivity index is 1.12. The molecule has 0 N–H and O–H groups in total. The Hall–Kier alpha value is -7.42. The van der Waals surface area contributed by atoms with Crippen molar-refractivity contribution in [3.05, 3.63) is 212 Å². The van der Waals surface area contributed by atoms with E-state index in [1.54, 1.807) is 0 Å². The van der Waals surface area contributed by atoms with Crippen LogP contribution in [0.25, 0.3) is 87.6 Å². The molecule has 1 aromatic heterocycles. The highest BCUT2D eigenvalue weighted by molar-refractivity contribution is 6.15. The second kappa shape index (κ2) is 13.2. The van der Waals surface area contributed by atoms with Crippen LogP contribution in [0.15, 0.2) is 217 Å². The van der Waals surface area contributed by atoms with Crippen LogP contribution in [-0.2, 0) is 0 Å². The van der Waals surface area contributed by atoms with Gasteiger partial charge in [-0.05, 0) is 97.0 Å². The predicted octanol–water partition coefficient (Wildman–Crippen LogP) is 15.5. The summed E-state index contributed by atoms with van der Waals surface area (Å²) in [5, 5.41) is 9.72. The highest BCUT2D eigenvalue weighted by atomic mass is 16.3. The van der Waals surface area contributed by atoms with Crippen LogP contribution in [0.2, 0.25) is 0 Å². The van der Waals surface area contributed by atoms with Crippen LogP contribution in [-0.4, -0.2) is 0 Å². The Labute approximate surface area is 325 Å². The summed E-state index contributed by atoms with van der Waals surface area (Å²) in [7, 11) is 0. The first-order valence-corrected chi connectivity index (χ1v) is 19.2. The minimum atomic E-state index is 0.904. The van der Waals surface area contributed by atoms with Crippen molar-refractivity contribution in [2.45, 2.75) is 0 Å². The van der Waals surface area contributed by atoms with Crippen molar-refractivity contribution < 1.29 is 4.42 Å². The molecule has 262 valence electrons. The largest absolute Gasteiger partial charge is 0.455 e. The lowest BCUT2D eigenvalue weighted by molar-refractivity contribution is 0.670. The maximum Gasteiger partial charge on any atom is 0.143 e. The molecule has 2 heteroatoms. The van der Waals surface area contributed by atoms with Gasteiger partial charge in [-0.15, -0.1) is 0 Å². The molecule has 11 rings (SSSR count). The number of anilines is 3. The summed E-state index contributed by atoms with van der Waals surface area (Å²) in [5.74, 6) is 0. The molecule has 11 aromatic rings. The molecule has 0 spiro atoms. The fourth-order valence-corrected chi connectivity index (χ4v) is 8.65. The molecule has 1 heterocycles. The van der Waals surface area contributed by atoms with Crippen LogP contribution in [0.1, 0.15) is 0 Å². The number of hydrogen-bond acceptors (Lipinski definition) is 2. The molecule has 0 radical (unpaired) electrons. The highest BCUT2D eigenvalue weighted by Gasteiger charge is 2.21. The SMILES string of the molecule is c1cc(-c2cccc3ccccc23)cc(N(c2ccc(-c3cccc4c3oc3ccccc34)cc2)c2ccccc2-c2cc3ccccc3c3ccccc23)c1. The monoisotopic (exact) mass is 713 g/mol. The van der Waals surface area contributed by atoms with Crippen molar-refractivity contribution in [3.63, 3.8) is 0 Å². The van der Waals surface area contributed by atoms with E-state index in [0.29, 0.717) is 0 Å². The van der Waals surface area contributed by atoms with E-state index < -0.39 is 0 Å². The summed E-state index contributed by atoms with van der Waals surface area (Å²) in [5.41, 5.74) is 12.0. The number of furan rings is 1. The molecule has 0 atom stereocenters. The van der Waals surface area contributed by atoms with Gasteiger partial charge in [0.1, 0.15) is 11.2 Å². The molecule has 0 aliphatic carbocycles. The lowest BCUT2D eigenvalue weighted by Gasteiger charge is -2.29. The van der Waals surface area contributed by atoms with E-state index in [4.69, 9.17) is 4.42 Å². The molecule has 2 nitrogen and oxygen atoms in total. The quantitative estimate of drug-likeness (QED) is 0.160. The minimum Gasteiger partial charge on any atom is -0.455 e. The Morgan fingerprint density at radius 1 is 0.304 bits per heavy atom. The van der Waals surface area contributed by atoms with Gasteiger partial charge in [0, 0.05) is 33.3 Å². The average Bonchev–Trinajstić information content (AvgIpc) is 3.66. The van der Waals surface area contributed by atoms with Gasteiger partial charge in [-0.1, -0.05) is 170 Å². The summed E-state index contributed by atoms with van der Waals surface area (Å²) in [6.45, 7) is 0. The third kappa shape index (κ3) is 5.26. The van der Waals surface area contributed by atoms with E-state index in [-0.39, 0.29) is 0 Å². The van der Waals surface area contributed by atoms with Gasteiger partial charge in [0.2, 0.25) is 0 Å². The third-order valence-electron chi connectivity index (χ3n) is 11.2. The number of fused-ring (bicyclic) bond motifs is 7. The lowest BCUT2D eigenvalue weighted by Crippen LogP contribution is -2.11. The minimum absolute atomic E-state index is 0.904. The van der Waals surface area contributed by atoms with Crippen molar-refractivity contribution >= 4 is 71.3 Å². The summed E-state index contributed by atoms with van der Waals surface area (Å²) >= 11 is 0. The Morgan fingerprint density at radius 2 is 0.911 bits per heavy atom. The van der Waals surface area contributed by atoms with Gasteiger partial charge in [-0.2, -0.15) is 0 Å². The lowest BCUT2D eigenvalue weighted by atomic mass is 9.92. The fraction of sp³-hybridized carbons (Fsp3) is 0. The van der Waals surface area contributed by atoms with E-state index in [1.807, 2.05) is 12.1 Å². The summed E-state index contributed by atoms with van der Waals surface area (Å²) in [6.07, 6.45) is 0. The smallest absolute Gasteiger partial charge is 0.143 e. The van der Waals surface area contributed by atoms with Gasteiger partial charge in [0.05, 0.1) is 5.69 Å². The number of hydrogen-bond donors (Lipinski definition) is 0. The topological polar surface area (TPSA) is 16.4 Å². The van der Waals surface area contributed by atoms with Crippen LogP contribution in [0.3, 0.4) is 0 Å². The molecule has 0 unspecified atom stereocenters. The molecule has 0 aliphatic heterocycles. The first-order chi connectivity index (χ1) is 27.8. The van der Waals surface area contributed by atoms with Crippen molar-refractivity contribution in [3.8, 4) is 33.4 Å². The zero-order valence-electron chi connectivity index (χ0n) is 30.6. The summed E-state index contributed by atoms with van der Waals surface area (Å²) in [4.78, 5) is 2.42. The van der Waals surface area contributed by atoms with Crippen LogP contribution in [0.4, 0.5) is 17.1 Å². The van der Waals surface area contributed by atoms with Gasteiger partial charge < -0.3 is 9.32 Å². The average molecular weight is 714 g/mol. The van der Waals surface area contributed by atoms with Crippen LogP contribution >= 0.6 is 0 Å². The van der Waals surface area contributed by atoms with Crippen molar-refractivity contribution in [2.75, 3.05) is 4.90 Å². The maximum atomic E-state index is 6.46. The highest BCUT2D eigenvalue weighted by Crippen LogP contribution is 2.46.